The topological polar surface area (TPSA) is 8.17 Å². The summed E-state index contributed by atoms with van der Waals surface area (Å²) in [6, 6.07) is 88.5. The zero-order valence-electron chi connectivity index (χ0n) is 34.4. The van der Waals surface area contributed by atoms with Crippen LogP contribution in [0.4, 0.5) is 17.1 Å². The van der Waals surface area contributed by atoms with Crippen molar-refractivity contribution < 1.29 is 0 Å². The second-order valence-corrected chi connectivity index (χ2v) is 17.1. The van der Waals surface area contributed by atoms with Crippen LogP contribution in [0.15, 0.2) is 243 Å². The van der Waals surface area contributed by atoms with E-state index in [1.807, 2.05) is 11.3 Å². The summed E-state index contributed by atoms with van der Waals surface area (Å²) in [5.41, 5.74) is 16.2. The summed E-state index contributed by atoms with van der Waals surface area (Å²) in [5.74, 6) is 0. The van der Waals surface area contributed by atoms with Crippen LogP contribution in [0.25, 0.3) is 92.2 Å². The molecule has 10 aromatic carbocycles. The van der Waals surface area contributed by atoms with E-state index in [1.54, 1.807) is 0 Å². The van der Waals surface area contributed by atoms with Gasteiger partial charge >= 0.3 is 0 Å². The molecule has 296 valence electrons. The van der Waals surface area contributed by atoms with E-state index in [1.165, 1.54) is 75.4 Å². The van der Waals surface area contributed by atoms with Crippen molar-refractivity contribution in [3.05, 3.63) is 243 Å². The molecule has 0 saturated heterocycles. The van der Waals surface area contributed by atoms with Crippen LogP contribution >= 0.6 is 11.3 Å². The van der Waals surface area contributed by atoms with Gasteiger partial charge in [0.2, 0.25) is 0 Å². The minimum atomic E-state index is 1.08. The van der Waals surface area contributed by atoms with Crippen molar-refractivity contribution in [2.24, 2.45) is 0 Å². The fourth-order valence-electron chi connectivity index (χ4n) is 9.55. The maximum atomic E-state index is 2.48. The fraction of sp³-hybridized carbons (Fsp3) is 0. The van der Waals surface area contributed by atoms with E-state index in [-0.39, 0.29) is 0 Å². The van der Waals surface area contributed by atoms with Crippen LogP contribution in [0, 0.1) is 0 Å². The van der Waals surface area contributed by atoms with Crippen molar-refractivity contribution in [2.45, 2.75) is 0 Å². The Labute approximate surface area is 370 Å². The van der Waals surface area contributed by atoms with Gasteiger partial charge in [0.05, 0.1) is 16.7 Å². The van der Waals surface area contributed by atoms with Gasteiger partial charge in [-0.25, -0.2) is 0 Å². The van der Waals surface area contributed by atoms with Crippen LogP contribution in [-0.4, -0.2) is 4.57 Å². The number of nitrogens with zero attached hydrogens (tertiary/aromatic N) is 2. The Morgan fingerprint density at radius 3 is 1.68 bits per heavy atom. The highest BCUT2D eigenvalue weighted by molar-refractivity contribution is 7.25. The van der Waals surface area contributed by atoms with Gasteiger partial charge in [-0.3, -0.25) is 0 Å². The molecule has 0 spiro atoms. The van der Waals surface area contributed by atoms with E-state index in [2.05, 4.69) is 252 Å². The Morgan fingerprint density at radius 2 is 0.873 bits per heavy atom. The lowest BCUT2D eigenvalue weighted by molar-refractivity contribution is 1.18. The molecular formula is C60H40N2S. The minimum absolute atomic E-state index is 1.08. The second-order valence-electron chi connectivity index (χ2n) is 16.1. The van der Waals surface area contributed by atoms with Crippen LogP contribution in [0.3, 0.4) is 0 Å². The maximum Gasteiger partial charge on any atom is 0.0547 e. The Bertz CT molecular complexity index is 3620. The van der Waals surface area contributed by atoms with Gasteiger partial charge < -0.3 is 9.47 Å². The molecular weight excluding hydrogens is 781 g/mol. The number of rotatable bonds is 8. The number of para-hydroxylation sites is 2. The summed E-state index contributed by atoms with van der Waals surface area (Å²) in [7, 11) is 0. The van der Waals surface area contributed by atoms with Gasteiger partial charge in [-0.05, 0) is 99.6 Å². The maximum absolute atomic E-state index is 2.48. The zero-order chi connectivity index (χ0) is 41.7. The average molecular weight is 821 g/mol. The molecule has 0 aliphatic carbocycles. The van der Waals surface area contributed by atoms with Gasteiger partial charge in [0.15, 0.2) is 0 Å². The predicted molar refractivity (Wildman–Crippen MR) is 270 cm³/mol. The number of benzene rings is 10. The summed E-state index contributed by atoms with van der Waals surface area (Å²) in [6.07, 6.45) is 0. The number of thiophene rings is 1. The van der Waals surface area contributed by atoms with Crippen molar-refractivity contribution in [3.63, 3.8) is 0 Å². The molecule has 12 rings (SSSR count). The first-order valence-corrected chi connectivity index (χ1v) is 22.3. The molecule has 0 aliphatic heterocycles. The normalized spacial score (nSPS) is 11.5. The summed E-state index contributed by atoms with van der Waals surface area (Å²) in [6.45, 7) is 0. The van der Waals surface area contributed by atoms with Crippen LogP contribution in [-0.2, 0) is 0 Å². The fourth-order valence-corrected chi connectivity index (χ4v) is 10.7. The Hall–Kier alpha value is -7.98. The molecule has 0 amide bonds. The summed E-state index contributed by atoms with van der Waals surface area (Å²) in [5, 5.41) is 5.07. The molecule has 0 N–H and O–H groups in total. The first-order valence-electron chi connectivity index (χ1n) is 21.5. The first-order chi connectivity index (χ1) is 31.3. The predicted octanol–water partition coefficient (Wildman–Crippen LogP) is 17.3. The third kappa shape index (κ3) is 6.41. The average Bonchev–Trinajstić information content (AvgIpc) is 3.90. The van der Waals surface area contributed by atoms with Gasteiger partial charge in [0.25, 0.3) is 0 Å². The molecule has 12 aromatic rings. The number of fused-ring (bicyclic) bond motifs is 6. The zero-order valence-corrected chi connectivity index (χ0v) is 35.2. The molecule has 2 heterocycles. The smallest absolute Gasteiger partial charge is 0.0547 e. The lowest BCUT2D eigenvalue weighted by Crippen LogP contribution is -2.12. The highest BCUT2D eigenvalue weighted by Crippen LogP contribution is 2.49. The van der Waals surface area contributed by atoms with E-state index in [4.69, 9.17) is 0 Å². The van der Waals surface area contributed by atoms with E-state index >= 15 is 0 Å². The number of anilines is 3. The lowest BCUT2D eigenvalue weighted by atomic mass is 9.87. The van der Waals surface area contributed by atoms with Crippen molar-refractivity contribution >= 4 is 70.4 Å². The van der Waals surface area contributed by atoms with Crippen LogP contribution in [0.5, 0.6) is 0 Å². The third-order valence-electron chi connectivity index (χ3n) is 12.4. The lowest BCUT2D eigenvalue weighted by Gasteiger charge is -2.30. The summed E-state index contributed by atoms with van der Waals surface area (Å²) < 4.78 is 4.96. The van der Waals surface area contributed by atoms with Crippen LogP contribution in [0.1, 0.15) is 0 Å². The molecule has 0 aliphatic rings. The molecule has 0 fully saturated rings. The summed E-state index contributed by atoms with van der Waals surface area (Å²) in [4.78, 5) is 2.48. The molecule has 0 bridgehead atoms. The van der Waals surface area contributed by atoms with E-state index in [0.717, 1.165) is 33.9 Å². The number of hydrogen-bond donors (Lipinski definition) is 0. The largest absolute Gasteiger partial charge is 0.310 e. The quantitative estimate of drug-likeness (QED) is 0.148. The van der Waals surface area contributed by atoms with E-state index in [9.17, 15) is 0 Å². The first kappa shape index (κ1) is 36.8. The number of hydrogen-bond acceptors (Lipinski definition) is 2. The molecule has 3 heteroatoms. The van der Waals surface area contributed by atoms with Gasteiger partial charge in [0, 0.05) is 53.6 Å². The molecule has 0 saturated carbocycles. The molecule has 2 nitrogen and oxygen atoms in total. The van der Waals surface area contributed by atoms with Crippen molar-refractivity contribution in [1.29, 1.82) is 0 Å². The Balaban J connectivity index is 1.11. The van der Waals surface area contributed by atoms with Crippen LogP contribution < -0.4 is 4.90 Å². The third-order valence-corrected chi connectivity index (χ3v) is 13.5. The molecule has 0 atom stereocenters. The van der Waals surface area contributed by atoms with Crippen molar-refractivity contribution in [3.8, 4) is 50.2 Å². The van der Waals surface area contributed by atoms with Gasteiger partial charge in [0.1, 0.15) is 0 Å². The SMILES string of the molecule is c1ccc(-c2ccccc2-c2c(-c3ccccc3)cccc2N(c2cccc(-c3ccc4c5ccccc5n(-c5ccccc5)c4c3)c2)c2ccc3c(c2)sc2ccccc23)cc1. The van der Waals surface area contributed by atoms with Gasteiger partial charge in [-0.2, -0.15) is 0 Å². The molecule has 63 heavy (non-hydrogen) atoms. The standard InChI is InChI=1S/C60H40N2S/c1-4-18-41(19-5-1)48-26-10-11-29-54(48)60-49(42-20-6-2-7-21-42)30-17-32-56(60)61(47-35-37-53-52-28-13-15-33-58(52)63-59(53)40-47)46-25-16-22-43(38-46)44-34-36-51-50-27-12-14-31-55(50)62(57(51)39-44)45-23-8-3-9-24-45/h1-40H. The van der Waals surface area contributed by atoms with Gasteiger partial charge in [-0.1, -0.05) is 182 Å². The monoisotopic (exact) mass is 820 g/mol. The summed E-state index contributed by atoms with van der Waals surface area (Å²) >= 11 is 1.86. The van der Waals surface area contributed by atoms with E-state index in [0.29, 0.717) is 0 Å². The molecule has 0 radical (unpaired) electrons. The Morgan fingerprint density at radius 1 is 0.317 bits per heavy atom. The molecule has 0 unspecified atom stereocenters. The number of aromatic nitrogens is 1. The second kappa shape index (κ2) is 15.5. The van der Waals surface area contributed by atoms with Crippen LogP contribution in [0.2, 0.25) is 0 Å². The highest BCUT2D eigenvalue weighted by Gasteiger charge is 2.24. The minimum Gasteiger partial charge on any atom is -0.310 e. The van der Waals surface area contributed by atoms with Crippen molar-refractivity contribution in [2.75, 3.05) is 4.90 Å². The van der Waals surface area contributed by atoms with Gasteiger partial charge in [-0.15, -0.1) is 11.3 Å². The van der Waals surface area contributed by atoms with E-state index < -0.39 is 0 Å². The highest BCUT2D eigenvalue weighted by atomic mass is 32.1. The van der Waals surface area contributed by atoms with Crippen molar-refractivity contribution in [1.82, 2.24) is 4.57 Å². The Kier molecular flexibility index (Phi) is 9.06. The molecule has 2 aromatic heterocycles.